The molecule has 2 aromatic carbocycles. The Morgan fingerprint density at radius 2 is 1.67 bits per heavy atom. The van der Waals surface area contributed by atoms with E-state index < -0.39 is 6.10 Å². The number of nitrogens with one attached hydrogen (secondary N) is 1. The molecular formula is C22H29NO4. The number of ether oxygens (including phenoxy) is 3. The molecule has 0 aromatic heterocycles. The second-order valence-corrected chi connectivity index (χ2v) is 6.35. The molecule has 0 spiro atoms. The van der Waals surface area contributed by atoms with Gasteiger partial charge in [-0.15, -0.1) is 0 Å². The van der Waals surface area contributed by atoms with Crippen molar-refractivity contribution in [2.75, 3.05) is 14.2 Å². The highest BCUT2D eigenvalue weighted by atomic mass is 16.5. The second kappa shape index (κ2) is 9.86. The van der Waals surface area contributed by atoms with E-state index in [0.29, 0.717) is 23.7 Å². The van der Waals surface area contributed by atoms with Gasteiger partial charge in [-0.05, 0) is 55.7 Å². The number of benzene rings is 2. The Morgan fingerprint density at radius 1 is 1.00 bits per heavy atom. The molecule has 0 saturated carbocycles. The Morgan fingerprint density at radius 3 is 2.22 bits per heavy atom. The minimum Gasteiger partial charge on any atom is -0.497 e. The molecule has 0 aliphatic rings. The van der Waals surface area contributed by atoms with Crippen molar-refractivity contribution in [3.8, 4) is 17.2 Å². The highest BCUT2D eigenvalue weighted by molar-refractivity contribution is 5.81. The first-order valence-corrected chi connectivity index (χ1v) is 9.30. The number of methoxy groups -OCH3 is 2. The van der Waals surface area contributed by atoms with E-state index in [1.54, 1.807) is 14.2 Å². The van der Waals surface area contributed by atoms with Crippen LogP contribution in [0.25, 0.3) is 0 Å². The van der Waals surface area contributed by atoms with E-state index in [0.717, 1.165) is 12.0 Å². The number of carbonyl (C=O) groups is 1. The summed E-state index contributed by atoms with van der Waals surface area (Å²) in [5.41, 5.74) is 2.09. The van der Waals surface area contributed by atoms with Crippen LogP contribution in [0.2, 0.25) is 0 Å². The average molecular weight is 371 g/mol. The largest absolute Gasteiger partial charge is 0.497 e. The summed E-state index contributed by atoms with van der Waals surface area (Å²) in [6.07, 6.45) is 0.984. The van der Waals surface area contributed by atoms with Crippen molar-refractivity contribution in [3.63, 3.8) is 0 Å². The highest BCUT2D eigenvalue weighted by Crippen LogP contribution is 2.29. The van der Waals surface area contributed by atoms with E-state index in [2.05, 4.69) is 12.2 Å². The molecule has 2 aromatic rings. The maximum absolute atomic E-state index is 12.7. The van der Waals surface area contributed by atoms with Crippen LogP contribution in [0.4, 0.5) is 0 Å². The minimum absolute atomic E-state index is 0.158. The molecule has 0 aliphatic heterocycles. The molecule has 0 heterocycles. The lowest BCUT2D eigenvalue weighted by atomic mass is 10.1. The van der Waals surface area contributed by atoms with Crippen molar-refractivity contribution in [1.29, 1.82) is 0 Å². The third-order valence-corrected chi connectivity index (χ3v) is 4.54. The van der Waals surface area contributed by atoms with Gasteiger partial charge in [-0.3, -0.25) is 4.79 Å². The Labute approximate surface area is 161 Å². The van der Waals surface area contributed by atoms with Gasteiger partial charge >= 0.3 is 0 Å². The molecule has 2 rings (SSSR count). The number of amides is 1. The molecule has 146 valence electrons. The predicted octanol–water partition coefficient (Wildman–Crippen LogP) is 4.30. The van der Waals surface area contributed by atoms with Gasteiger partial charge in [0, 0.05) is 5.56 Å². The van der Waals surface area contributed by atoms with E-state index in [-0.39, 0.29) is 11.9 Å². The van der Waals surface area contributed by atoms with Crippen LogP contribution in [0, 0.1) is 0 Å². The van der Waals surface area contributed by atoms with Crippen LogP contribution in [0.1, 0.15) is 44.4 Å². The number of carbonyl (C=O) groups excluding carboxylic acids is 1. The lowest BCUT2D eigenvalue weighted by molar-refractivity contribution is -0.128. The van der Waals surface area contributed by atoms with Gasteiger partial charge in [0.2, 0.25) is 0 Å². The van der Waals surface area contributed by atoms with Gasteiger partial charge in [0.1, 0.15) is 17.2 Å². The number of aryl methyl sites for hydroxylation is 1. The average Bonchev–Trinajstić information content (AvgIpc) is 2.71. The van der Waals surface area contributed by atoms with E-state index in [1.165, 1.54) is 5.56 Å². The van der Waals surface area contributed by atoms with E-state index in [1.807, 2.05) is 56.3 Å². The maximum atomic E-state index is 12.7. The molecule has 0 radical (unpaired) electrons. The zero-order valence-electron chi connectivity index (χ0n) is 16.7. The van der Waals surface area contributed by atoms with Crippen LogP contribution in [-0.4, -0.2) is 26.2 Å². The molecule has 0 bridgehead atoms. The number of hydrogen-bond donors (Lipinski definition) is 1. The summed E-state index contributed by atoms with van der Waals surface area (Å²) in [6.45, 7) is 5.95. The summed E-state index contributed by atoms with van der Waals surface area (Å²) < 4.78 is 16.6. The van der Waals surface area contributed by atoms with Crippen molar-refractivity contribution in [2.24, 2.45) is 0 Å². The van der Waals surface area contributed by atoms with Crippen LogP contribution in [-0.2, 0) is 11.2 Å². The fraction of sp³-hybridized carbons (Fsp3) is 0.409. The van der Waals surface area contributed by atoms with Gasteiger partial charge in [-0.25, -0.2) is 0 Å². The van der Waals surface area contributed by atoms with Crippen LogP contribution >= 0.6 is 0 Å². The van der Waals surface area contributed by atoms with Gasteiger partial charge in [0.25, 0.3) is 5.91 Å². The molecule has 27 heavy (non-hydrogen) atoms. The maximum Gasteiger partial charge on any atom is 0.261 e. The summed E-state index contributed by atoms with van der Waals surface area (Å²) in [7, 11) is 3.22. The number of rotatable bonds is 9. The fourth-order valence-corrected chi connectivity index (χ4v) is 2.85. The quantitative estimate of drug-likeness (QED) is 0.714. The molecule has 0 unspecified atom stereocenters. The number of hydrogen-bond acceptors (Lipinski definition) is 4. The summed E-state index contributed by atoms with van der Waals surface area (Å²) in [5.74, 6) is 1.95. The molecule has 5 heteroatoms. The van der Waals surface area contributed by atoms with Crippen LogP contribution < -0.4 is 19.5 Å². The zero-order valence-corrected chi connectivity index (χ0v) is 16.7. The minimum atomic E-state index is -0.559. The van der Waals surface area contributed by atoms with Crippen molar-refractivity contribution in [2.45, 2.75) is 45.8 Å². The molecule has 0 saturated heterocycles. The van der Waals surface area contributed by atoms with E-state index in [9.17, 15) is 4.79 Å². The molecule has 0 fully saturated rings. The van der Waals surface area contributed by atoms with Gasteiger partial charge in [-0.2, -0.15) is 0 Å². The van der Waals surface area contributed by atoms with Gasteiger partial charge in [0.15, 0.2) is 6.10 Å². The first-order valence-electron chi connectivity index (χ1n) is 9.30. The Bertz CT molecular complexity index is 742. The third kappa shape index (κ3) is 5.39. The molecule has 2 atom stereocenters. The lowest BCUT2D eigenvalue weighted by Crippen LogP contribution is -2.39. The summed E-state index contributed by atoms with van der Waals surface area (Å²) in [6, 6.07) is 13.1. The Kier molecular flexibility index (Phi) is 7.53. The van der Waals surface area contributed by atoms with Gasteiger partial charge in [0.05, 0.1) is 20.3 Å². The van der Waals surface area contributed by atoms with Crippen molar-refractivity contribution < 1.29 is 19.0 Å². The topological polar surface area (TPSA) is 56.8 Å². The normalized spacial score (nSPS) is 12.8. The first kappa shape index (κ1) is 20.6. The predicted molar refractivity (Wildman–Crippen MR) is 107 cm³/mol. The van der Waals surface area contributed by atoms with E-state index in [4.69, 9.17) is 14.2 Å². The van der Waals surface area contributed by atoms with Gasteiger partial charge in [-0.1, -0.05) is 26.0 Å². The van der Waals surface area contributed by atoms with Crippen LogP contribution in [0.15, 0.2) is 42.5 Å². The Hall–Kier alpha value is -2.69. The SMILES string of the molecule is CCc1ccc(O[C@@H](CC)C(=O)N[C@@H](C)c2cc(OC)ccc2OC)cc1. The van der Waals surface area contributed by atoms with Crippen LogP contribution in [0.3, 0.4) is 0 Å². The zero-order chi connectivity index (χ0) is 19.8. The Balaban J connectivity index is 2.08. The summed E-state index contributed by atoms with van der Waals surface area (Å²) in [4.78, 5) is 12.7. The molecular weight excluding hydrogens is 342 g/mol. The van der Waals surface area contributed by atoms with Gasteiger partial charge < -0.3 is 19.5 Å². The second-order valence-electron chi connectivity index (χ2n) is 6.35. The highest BCUT2D eigenvalue weighted by Gasteiger charge is 2.22. The third-order valence-electron chi connectivity index (χ3n) is 4.54. The molecule has 1 N–H and O–H groups in total. The lowest BCUT2D eigenvalue weighted by Gasteiger charge is -2.22. The van der Waals surface area contributed by atoms with E-state index >= 15 is 0 Å². The van der Waals surface area contributed by atoms with Crippen LogP contribution in [0.5, 0.6) is 17.2 Å². The van der Waals surface area contributed by atoms with Crippen molar-refractivity contribution in [1.82, 2.24) is 5.32 Å². The molecule has 0 aliphatic carbocycles. The van der Waals surface area contributed by atoms with Crippen molar-refractivity contribution >= 4 is 5.91 Å². The smallest absolute Gasteiger partial charge is 0.261 e. The fourth-order valence-electron chi connectivity index (χ4n) is 2.85. The summed E-state index contributed by atoms with van der Waals surface area (Å²) in [5, 5.41) is 3.02. The monoisotopic (exact) mass is 371 g/mol. The summed E-state index contributed by atoms with van der Waals surface area (Å²) >= 11 is 0. The molecule has 5 nitrogen and oxygen atoms in total. The molecule has 1 amide bonds. The van der Waals surface area contributed by atoms with Crippen molar-refractivity contribution in [3.05, 3.63) is 53.6 Å². The first-order chi connectivity index (χ1) is 13.0. The standard InChI is InChI=1S/C22H29NO4/c1-6-16-8-10-17(11-9-16)27-20(7-2)22(24)23-15(3)19-14-18(25-4)12-13-21(19)26-5/h8-15,20H,6-7H2,1-5H3,(H,23,24)/t15-,20-/m0/s1.